The molecule has 1 aliphatic rings. The highest BCUT2D eigenvalue weighted by Crippen LogP contribution is 2.29. The van der Waals surface area contributed by atoms with Gasteiger partial charge in [-0.05, 0) is 32.7 Å². The Morgan fingerprint density at radius 3 is 2.94 bits per heavy atom. The molecule has 1 aromatic rings. The summed E-state index contributed by atoms with van der Waals surface area (Å²) in [5.74, 6) is 0. The number of hydrogen-bond donors (Lipinski definition) is 1. The van der Waals surface area contributed by atoms with Crippen molar-refractivity contribution in [3.8, 4) is 0 Å². The Morgan fingerprint density at radius 1 is 1.50 bits per heavy atom. The molecule has 1 saturated heterocycles. The molecule has 2 heterocycles. The van der Waals surface area contributed by atoms with Gasteiger partial charge < -0.3 is 10.1 Å². The van der Waals surface area contributed by atoms with E-state index in [1.54, 1.807) is 0 Å². The first kappa shape index (κ1) is 13.5. The number of nitrogens with zero attached hydrogens (tertiary/aromatic N) is 3. The average Bonchev–Trinajstić information content (AvgIpc) is 2.96. The number of rotatable bonds is 6. The van der Waals surface area contributed by atoms with Gasteiger partial charge in [-0.15, -0.1) is 5.10 Å². The summed E-state index contributed by atoms with van der Waals surface area (Å²) in [4.78, 5) is 0. The highest BCUT2D eigenvalue weighted by atomic mass is 16.5. The van der Waals surface area contributed by atoms with Gasteiger partial charge in [0.15, 0.2) is 0 Å². The monoisotopic (exact) mass is 252 g/mol. The lowest BCUT2D eigenvalue weighted by Gasteiger charge is -2.24. The number of hydrogen-bond acceptors (Lipinski definition) is 4. The van der Waals surface area contributed by atoms with E-state index in [1.165, 1.54) is 0 Å². The maximum absolute atomic E-state index is 6.00. The minimum Gasteiger partial charge on any atom is -0.373 e. The topological polar surface area (TPSA) is 52.0 Å². The Bertz CT molecular complexity index is 366. The smallest absolute Gasteiger partial charge is 0.0790 e. The lowest BCUT2D eigenvalue weighted by molar-refractivity contribution is 0.0299. The van der Waals surface area contributed by atoms with Gasteiger partial charge in [-0.25, -0.2) is 4.68 Å². The van der Waals surface area contributed by atoms with Crippen molar-refractivity contribution >= 4 is 0 Å². The van der Waals surface area contributed by atoms with Crippen LogP contribution in [0, 0.1) is 0 Å². The van der Waals surface area contributed by atoms with E-state index in [0.29, 0.717) is 6.10 Å². The van der Waals surface area contributed by atoms with Crippen LogP contribution < -0.4 is 5.32 Å². The first-order valence-corrected chi connectivity index (χ1v) is 7.03. The number of aryl methyl sites for hydroxylation is 1. The third kappa shape index (κ3) is 2.90. The standard InChI is InChI=1S/C13H24N4O/c1-4-8-17-11(9-15-16-17)13(14-5-2)12-7-6-10(3)18-12/h9-10,12-14H,4-8H2,1-3H3. The maximum atomic E-state index is 6.00. The molecule has 18 heavy (non-hydrogen) atoms. The highest BCUT2D eigenvalue weighted by molar-refractivity contribution is 5.06. The Hall–Kier alpha value is -0.940. The van der Waals surface area contributed by atoms with E-state index in [2.05, 4.69) is 36.4 Å². The van der Waals surface area contributed by atoms with Crippen molar-refractivity contribution in [3.05, 3.63) is 11.9 Å². The van der Waals surface area contributed by atoms with Crippen LogP contribution in [0.4, 0.5) is 0 Å². The maximum Gasteiger partial charge on any atom is 0.0790 e. The van der Waals surface area contributed by atoms with Gasteiger partial charge in [-0.1, -0.05) is 19.1 Å². The average molecular weight is 252 g/mol. The third-order valence-electron chi connectivity index (χ3n) is 3.46. The van der Waals surface area contributed by atoms with Crippen molar-refractivity contribution in [2.75, 3.05) is 6.54 Å². The van der Waals surface area contributed by atoms with Crippen molar-refractivity contribution < 1.29 is 4.74 Å². The minimum absolute atomic E-state index is 0.210. The molecule has 0 aliphatic carbocycles. The molecule has 2 rings (SSSR count). The molecule has 102 valence electrons. The molecule has 0 spiro atoms. The van der Waals surface area contributed by atoms with E-state index in [9.17, 15) is 0 Å². The van der Waals surface area contributed by atoms with Gasteiger partial charge in [0.25, 0.3) is 0 Å². The number of likely N-dealkylation sites (N-methyl/N-ethyl adjacent to an activating group) is 1. The van der Waals surface area contributed by atoms with Crippen molar-refractivity contribution in [1.82, 2.24) is 20.3 Å². The van der Waals surface area contributed by atoms with Gasteiger partial charge in [-0.3, -0.25) is 0 Å². The minimum atomic E-state index is 0.210. The van der Waals surface area contributed by atoms with Crippen LogP contribution >= 0.6 is 0 Å². The largest absolute Gasteiger partial charge is 0.373 e. The van der Waals surface area contributed by atoms with E-state index >= 15 is 0 Å². The Labute approximate surface area is 109 Å². The number of ether oxygens (including phenoxy) is 1. The zero-order valence-corrected chi connectivity index (χ0v) is 11.6. The molecule has 1 N–H and O–H groups in total. The van der Waals surface area contributed by atoms with Crippen molar-refractivity contribution in [2.45, 2.75) is 64.8 Å². The molecule has 1 fully saturated rings. The fourth-order valence-corrected chi connectivity index (χ4v) is 2.62. The molecule has 0 amide bonds. The highest BCUT2D eigenvalue weighted by Gasteiger charge is 2.32. The van der Waals surface area contributed by atoms with Crippen molar-refractivity contribution in [2.24, 2.45) is 0 Å². The summed E-state index contributed by atoms with van der Waals surface area (Å²) in [5.41, 5.74) is 1.15. The summed E-state index contributed by atoms with van der Waals surface area (Å²) in [6.07, 6.45) is 5.80. The SMILES string of the molecule is CCCn1nncc1C(NCC)C1CCC(C)O1. The summed E-state index contributed by atoms with van der Waals surface area (Å²) in [5, 5.41) is 11.7. The quantitative estimate of drug-likeness (QED) is 0.840. The second-order valence-electron chi connectivity index (χ2n) is 4.98. The van der Waals surface area contributed by atoms with Gasteiger partial charge in [0.2, 0.25) is 0 Å². The molecule has 0 bridgehead atoms. The van der Waals surface area contributed by atoms with E-state index in [1.807, 2.05) is 10.9 Å². The Kier molecular flexibility index (Phi) is 4.72. The fourth-order valence-electron chi connectivity index (χ4n) is 2.62. The molecule has 0 aromatic carbocycles. The zero-order valence-electron chi connectivity index (χ0n) is 11.6. The number of aromatic nitrogens is 3. The third-order valence-corrected chi connectivity index (χ3v) is 3.46. The van der Waals surface area contributed by atoms with Crippen LogP contribution in [0.2, 0.25) is 0 Å². The molecule has 0 saturated carbocycles. The molecule has 3 unspecified atom stereocenters. The molecule has 3 atom stereocenters. The van der Waals surface area contributed by atoms with Crippen LogP contribution in [0.15, 0.2) is 6.20 Å². The second-order valence-corrected chi connectivity index (χ2v) is 4.98. The van der Waals surface area contributed by atoms with Crippen LogP contribution in [0.5, 0.6) is 0 Å². The van der Waals surface area contributed by atoms with E-state index in [-0.39, 0.29) is 12.1 Å². The predicted molar refractivity (Wildman–Crippen MR) is 70.3 cm³/mol. The predicted octanol–water partition coefficient (Wildman–Crippen LogP) is 1.91. The lowest BCUT2D eigenvalue weighted by Crippen LogP contribution is -2.34. The molecular formula is C13H24N4O. The normalized spacial score (nSPS) is 25.5. The second kappa shape index (κ2) is 6.29. The summed E-state index contributed by atoms with van der Waals surface area (Å²) < 4.78 is 8.00. The van der Waals surface area contributed by atoms with Gasteiger partial charge >= 0.3 is 0 Å². The number of nitrogens with one attached hydrogen (secondary N) is 1. The van der Waals surface area contributed by atoms with Crippen LogP contribution in [-0.2, 0) is 11.3 Å². The summed E-state index contributed by atoms with van der Waals surface area (Å²) in [7, 11) is 0. The van der Waals surface area contributed by atoms with E-state index in [0.717, 1.165) is 38.0 Å². The molecule has 1 aliphatic heterocycles. The first-order valence-electron chi connectivity index (χ1n) is 7.03. The molecule has 5 nitrogen and oxygen atoms in total. The Morgan fingerprint density at radius 2 is 2.33 bits per heavy atom. The van der Waals surface area contributed by atoms with Crippen LogP contribution in [0.1, 0.15) is 51.8 Å². The molecule has 5 heteroatoms. The molecular weight excluding hydrogens is 228 g/mol. The summed E-state index contributed by atoms with van der Waals surface area (Å²) >= 11 is 0. The van der Waals surface area contributed by atoms with Gasteiger partial charge in [0.05, 0.1) is 30.1 Å². The van der Waals surface area contributed by atoms with E-state index < -0.39 is 0 Å². The van der Waals surface area contributed by atoms with E-state index in [4.69, 9.17) is 4.74 Å². The lowest BCUT2D eigenvalue weighted by atomic mass is 10.0. The Balaban J connectivity index is 2.15. The summed E-state index contributed by atoms with van der Waals surface area (Å²) in [6.45, 7) is 8.27. The van der Waals surface area contributed by atoms with Crippen LogP contribution in [-0.4, -0.2) is 33.7 Å². The van der Waals surface area contributed by atoms with Crippen LogP contribution in [0.3, 0.4) is 0 Å². The zero-order chi connectivity index (χ0) is 13.0. The van der Waals surface area contributed by atoms with Gasteiger partial charge in [0.1, 0.15) is 0 Å². The molecule has 1 aromatic heterocycles. The van der Waals surface area contributed by atoms with Gasteiger partial charge in [-0.2, -0.15) is 0 Å². The van der Waals surface area contributed by atoms with Crippen LogP contribution in [0.25, 0.3) is 0 Å². The van der Waals surface area contributed by atoms with Crippen molar-refractivity contribution in [3.63, 3.8) is 0 Å². The fraction of sp³-hybridized carbons (Fsp3) is 0.846. The summed E-state index contributed by atoms with van der Waals surface area (Å²) in [6, 6.07) is 0.210. The molecule has 0 radical (unpaired) electrons. The van der Waals surface area contributed by atoms with Crippen molar-refractivity contribution in [1.29, 1.82) is 0 Å². The first-order chi connectivity index (χ1) is 8.76. The van der Waals surface area contributed by atoms with Gasteiger partial charge in [0, 0.05) is 6.54 Å².